The van der Waals surface area contributed by atoms with Crippen LogP contribution in [-0.4, -0.2) is 46.9 Å². The molecular formula is C22H25BrN4O2. The smallest absolute Gasteiger partial charge is 0.204 e. The molecule has 0 aromatic carbocycles. The Morgan fingerprint density at radius 3 is 2.59 bits per heavy atom. The van der Waals surface area contributed by atoms with Crippen molar-refractivity contribution in [1.82, 2.24) is 9.88 Å². The van der Waals surface area contributed by atoms with Crippen molar-refractivity contribution in [3.8, 4) is 6.07 Å². The fourth-order valence-corrected chi connectivity index (χ4v) is 6.05. The first-order valence-electron chi connectivity index (χ1n) is 10.5. The number of ether oxygens (including phenoxy) is 1. The van der Waals surface area contributed by atoms with Gasteiger partial charge in [0.1, 0.15) is 6.07 Å². The Kier molecular flexibility index (Phi) is 5.19. The normalized spacial score (nSPS) is 29.9. The summed E-state index contributed by atoms with van der Waals surface area (Å²) in [5.74, 6) is 0.969. The zero-order valence-corrected chi connectivity index (χ0v) is 18.2. The summed E-state index contributed by atoms with van der Waals surface area (Å²) in [5.41, 5.74) is 1.83. The van der Waals surface area contributed by atoms with Gasteiger partial charge in [-0.05, 0) is 67.3 Å². The van der Waals surface area contributed by atoms with Gasteiger partial charge < -0.3 is 9.15 Å². The molecule has 2 bridgehead atoms. The second kappa shape index (κ2) is 7.82. The Balaban J connectivity index is 1.29. The van der Waals surface area contributed by atoms with E-state index in [-0.39, 0.29) is 0 Å². The SMILES string of the molecule is COC1C[C@H]2CC[C@@H](C1)N2C1CCC(=Nc2ncc3oc(C#N)cc3c2Br)CC1. The van der Waals surface area contributed by atoms with Gasteiger partial charge in [0, 0.05) is 42.4 Å². The van der Waals surface area contributed by atoms with Crippen LogP contribution in [0.4, 0.5) is 5.82 Å². The number of hydrogen-bond acceptors (Lipinski definition) is 6. The number of pyridine rings is 1. The molecule has 2 aromatic rings. The van der Waals surface area contributed by atoms with E-state index in [1.807, 2.05) is 13.2 Å². The first kappa shape index (κ1) is 19.2. The highest BCUT2D eigenvalue weighted by Gasteiger charge is 2.44. The monoisotopic (exact) mass is 456 g/mol. The number of aromatic nitrogens is 1. The van der Waals surface area contributed by atoms with Gasteiger partial charge >= 0.3 is 0 Å². The maximum atomic E-state index is 9.04. The van der Waals surface area contributed by atoms with Crippen LogP contribution in [0.1, 0.15) is 57.1 Å². The van der Waals surface area contributed by atoms with Crippen molar-refractivity contribution in [3.63, 3.8) is 0 Å². The molecule has 1 unspecified atom stereocenters. The third kappa shape index (κ3) is 3.52. The van der Waals surface area contributed by atoms with Gasteiger partial charge in [0.05, 0.1) is 16.8 Å². The molecule has 152 valence electrons. The lowest BCUT2D eigenvalue weighted by Crippen LogP contribution is -2.51. The molecule has 0 spiro atoms. The van der Waals surface area contributed by atoms with Gasteiger partial charge in [0.2, 0.25) is 5.76 Å². The van der Waals surface area contributed by atoms with Gasteiger partial charge in [-0.3, -0.25) is 4.90 Å². The maximum absolute atomic E-state index is 9.04. The van der Waals surface area contributed by atoms with E-state index in [2.05, 4.69) is 25.8 Å². The number of halogens is 1. The number of piperidine rings is 1. The van der Waals surface area contributed by atoms with E-state index in [9.17, 15) is 0 Å². The van der Waals surface area contributed by atoms with E-state index in [0.717, 1.165) is 22.7 Å². The molecule has 6 nitrogen and oxygen atoms in total. The van der Waals surface area contributed by atoms with Crippen LogP contribution >= 0.6 is 15.9 Å². The summed E-state index contributed by atoms with van der Waals surface area (Å²) in [6, 6.07) is 5.86. The summed E-state index contributed by atoms with van der Waals surface area (Å²) in [6.45, 7) is 0. The molecule has 29 heavy (non-hydrogen) atoms. The Morgan fingerprint density at radius 2 is 1.93 bits per heavy atom. The van der Waals surface area contributed by atoms with Crippen molar-refractivity contribution in [2.24, 2.45) is 4.99 Å². The van der Waals surface area contributed by atoms with E-state index in [4.69, 9.17) is 19.4 Å². The predicted octanol–water partition coefficient (Wildman–Crippen LogP) is 5.12. The molecule has 2 aliphatic heterocycles. The molecule has 7 heteroatoms. The van der Waals surface area contributed by atoms with Crippen molar-refractivity contribution in [3.05, 3.63) is 22.5 Å². The summed E-state index contributed by atoms with van der Waals surface area (Å²) in [4.78, 5) is 12.1. The molecule has 2 saturated heterocycles. The lowest BCUT2D eigenvalue weighted by Gasteiger charge is -2.44. The molecule has 3 atom stereocenters. The van der Waals surface area contributed by atoms with E-state index >= 15 is 0 Å². The number of furan rings is 1. The highest BCUT2D eigenvalue weighted by Crippen LogP contribution is 2.41. The highest BCUT2D eigenvalue weighted by atomic mass is 79.9. The average Bonchev–Trinajstić information content (AvgIpc) is 3.29. The van der Waals surface area contributed by atoms with Crippen molar-refractivity contribution in [2.45, 2.75) is 75.6 Å². The average molecular weight is 457 g/mol. The zero-order valence-electron chi connectivity index (χ0n) is 16.6. The molecule has 1 saturated carbocycles. The third-order valence-electron chi connectivity index (χ3n) is 6.91. The summed E-state index contributed by atoms with van der Waals surface area (Å²) in [7, 11) is 1.86. The van der Waals surface area contributed by atoms with Crippen molar-refractivity contribution in [2.75, 3.05) is 7.11 Å². The summed E-state index contributed by atoms with van der Waals surface area (Å²) >= 11 is 3.60. The van der Waals surface area contributed by atoms with E-state index in [1.54, 1.807) is 12.3 Å². The second-order valence-electron chi connectivity index (χ2n) is 8.47. The molecule has 2 aromatic heterocycles. The minimum atomic E-state index is 0.291. The Labute approximate surface area is 179 Å². The van der Waals surface area contributed by atoms with Gasteiger partial charge in [0.25, 0.3) is 0 Å². The summed E-state index contributed by atoms with van der Waals surface area (Å²) in [6.07, 6.45) is 11.5. The van der Waals surface area contributed by atoms with Crippen LogP contribution in [0, 0.1) is 11.3 Å². The number of nitriles is 1. The first-order valence-corrected chi connectivity index (χ1v) is 11.3. The van der Waals surface area contributed by atoms with Crippen LogP contribution in [-0.2, 0) is 4.74 Å². The number of methoxy groups -OCH3 is 1. The van der Waals surface area contributed by atoms with E-state index in [0.29, 0.717) is 41.4 Å². The van der Waals surface area contributed by atoms with Crippen LogP contribution in [0.15, 0.2) is 26.1 Å². The molecule has 3 aliphatic rings. The van der Waals surface area contributed by atoms with Gasteiger partial charge in [-0.15, -0.1) is 0 Å². The third-order valence-corrected chi connectivity index (χ3v) is 7.69. The zero-order chi connectivity index (χ0) is 20.0. The van der Waals surface area contributed by atoms with Crippen molar-refractivity contribution >= 4 is 38.4 Å². The standard InChI is InChI=1S/C22H25BrN4O2/c1-28-17-8-15-6-7-16(9-17)27(15)14-4-2-13(3-5-14)26-22-21(23)19-10-18(11-24)29-20(19)12-25-22/h10,12,14-17H,2-9H2,1H3/t14?,15-,16+,17?. The van der Waals surface area contributed by atoms with E-state index in [1.165, 1.54) is 44.2 Å². The van der Waals surface area contributed by atoms with Crippen LogP contribution < -0.4 is 0 Å². The number of nitrogens with zero attached hydrogens (tertiary/aromatic N) is 4. The lowest BCUT2D eigenvalue weighted by atomic mass is 9.88. The number of hydrogen-bond donors (Lipinski definition) is 0. The minimum absolute atomic E-state index is 0.291. The van der Waals surface area contributed by atoms with Gasteiger partial charge in [-0.2, -0.15) is 5.26 Å². The largest absolute Gasteiger partial charge is 0.444 e. The number of rotatable bonds is 3. The maximum Gasteiger partial charge on any atom is 0.204 e. The number of fused-ring (bicyclic) bond motifs is 3. The summed E-state index contributed by atoms with van der Waals surface area (Å²) < 4.78 is 11.9. The van der Waals surface area contributed by atoms with Gasteiger partial charge in [0.15, 0.2) is 11.4 Å². The molecule has 5 rings (SSSR count). The van der Waals surface area contributed by atoms with E-state index < -0.39 is 0 Å². The second-order valence-corrected chi connectivity index (χ2v) is 9.26. The lowest BCUT2D eigenvalue weighted by molar-refractivity contribution is -0.0162. The Hall–Kier alpha value is -1.75. The Bertz CT molecular complexity index is 971. The van der Waals surface area contributed by atoms with Crippen LogP contribution in [0.25, 0.3) is 11.0 Å². The fourth-order valence-electron chi connectivity index (χ4n) is 5.55. The highest BCUT2D eigenvalue weighted by molar-refractivity contribution is 9.10. The molecule has 4 heterocycles. The summed E-state index contributed by atoms with van der Waals surface area (Å²) in [5, 5.41) is 9.89. The quantitative estimate of drug-likeness (QED) is 0.640. The minimum Gasteiger partial charge on any atom is -0.444 e. The molecule has 0 N–H and O–H groups in total. The van der Waals surface area contributed by atoms with Crippen molar-refractivity contribution < 1.29 is 9.15 Å². The van der Waals surface area contributed by atoms with Crippen molar-refractivity contribution in [1.29, 1.82) is 5.26 Å². The number of aliphatic imine (C=N–C) groups is 1. The Morgan fingerprint density at radius 1 is 1.21 bits per heavy atom. The molecule has 3 fully saturated rings. The molecule has 0 amide bonds. The van der Waals surface area contributed by atoms with Crippen LogP contribution in [0.5, 0.6) is 0 Å². The molecular weight excluding hydrogens is 432 g/mol. The van der Waals surface area contributed by atoms with Crippen LogP contribution in [0.3, 0.4) is 0 Å². The first-order chi connectivity index (χ1) is 14.2. The fraction of sp³-hybridized carbons (Fsp3) is 0.591. The predicted molar refractivity (Wildman–Crippen MR) is 114 cm³/mol. The van der Waals surface area contributed by atoms with Crippen LogP contribution in [0.2, 0.25) is 0 Å². The van der Waals surface area contributed by atoms with Gasteiger partial charge in [-0.25, -0.2) is 9.98 Å². The topological polar surface area (TPSA) is 74.7 Å². The molecule has 1 aliphatic carbocycles. The molecule has 0 radical (unpaired) electrons. The van der Waals surface area contributed by atoms with Gasteiger partial charge in [-0.1, -0.05) is 0 Å².